The molecular formula is C14H17NO2S. The van der Waals surface area contributed by atoms with Gasteiger partial charge in [-0.1, -0.05) is 12.1 Å². The van der Waals surface area contributed by atoms with Gasteiger partial charge in [0.1, 0.15) is 18.1 Å². The summed E-state index contributed by atoms with van der Waals surface area (Å²) in [6, 6.07) is 9.74. The summed E-state index contributed by atoms with van der Waals surface area (Å²) in [7, 11) is 1.64. The first-order valence-electron chi connectivity index (χ1n) is 5.79. The second-order valence-electron chi connectivity index (χ2n) is 4.06. The van der Waals surface area contributed by atoms with Gasteiger partial charge < -0.3 is 15.2 Å². The van der Waals surface area contributed by atoms with E-state index in [0.29, 0.717) is 6.61 Å². The Bertz CT molecular complexity index is 495. The van der Waals surface area contributed by atoms with Crippen molar-refractivity contribution in [2.24, 2.45) is 5.73 Å². The fourth-order valence-corrected chi connectivity index (χ4v) is 2.30. The molecule has 0 radical (unpaired) electrons. The average molecular weight is 263 g/mol. The van der Waals surface area contributed by atoms with Crippen molar-refractivity contribution in [3.05, 3.63) is 46.2 Å². The van der Waals surface area contributed by atoms with E-state index in [0.717, 1.165) is 17.1 Å². The van der Waals surface area contributed by atoms with Crippen LogP contribution in [0.25, 0.3) is 0 Å². The third-order valence-corrected chi connectivity index (χ3v) is 3.51. The molecule has 1 aromatic heterocycles. The van der Waals surface area contributed by atoms with Crippen LogP contribution in [0.4, 0.5) is 0 Å². The normalized spacial score (nSPS) is 12.2. The van der Waals surface area contributed by atoms with E-state index in [4.69, 9.17) is 15.2 Å². The molecule has 4 heteroatoms. The van der Waals surface area contributed by atoms with Gasteiger partial charge in [-0.3, -0.25) is 0 Å². The summed E-state index contributed by atoms with van der Waals surface area (Å²) in [4.78, 5) is 1.19. The van der Waals surface area contributed by atoms with Crippen molar-refractivity contribution < 1.29 is 9.47 Å². The first-order chi connectivity index (χ1) is 8.70. The van der Waals surface area contributed by atoms with Crippen LogP contribution in [-0.4, -0.2) is 7.11 Å². The third kappa shape index (κ3) is 3.03. The predicted molar refractivity (Wildman–Crippen MR) is 74.2 cm³/mol. The minimum absolute atomic E-state index is 0.0609. The Morgan fingerprint density at radius 1 is 1.33 bits per heavy atom. The molecule has 2 N–H and O–H groups in total. The van der Waals surface area contributed by atoms with Crippen LogP contribution in [0.3, 0.4) is 0 Å². The molecule has 96 valence electrons. The predicted octanol–water partition coefficient (Wildman–Crippen LogP) is 3.36. The van der Waals surface area contributed by atoms with Crippen LogP contribution in [0.5, 0.6) is 11.5 Å². The Labute approximate surface area is 111 Å². The van der Waals surface area contributed by atoms with Crippen LogP contribution in [0.2, 0.25) is 0 Å². The minimum atomic E-state index is -0.0609. The molecule has 0 aliphatic rings. The lowest BCUT2D eigenvalue weighted by Crippen LogP contribution is -2.08. The minimum Gasteiger partial charge on any atom is -0.497 e. The summed E-state index contributed by atoms with van der Waals surface area (Å²) in [5, 5.41) is 2.04. The van der Waals surface area contributed by atoms with Gasteiger partial charge in [-0.25, -0.2) is 0 Å². The standard InChI is InChI=1S/C14H17NO2S/c1-10(15)13-6-5-11(16-2)8-14(13)17-9-12-4-3-7-18-12/h3-8,10H,9,15H2,1-2H3/t10-/m1/s1. The van der Waals surface area contributed by atoms with Gasteiger partial charge in [-0.15, -0.1) is 11.3 Å². The molecule has 0 spiro atoms. The Morgan fingerprint density at radius 2 is 2.17 bits per heavy atom. The zero-order chi connectivity index (χ0) is 13.0. The SMILES string of the molecule is COc1ccc([C@@H](C)N)c(OCc2cccs2)c1. The maximum atomic E-state index is 5.94. The van der Waals surface area contributed by atoms with E-state index >= 15 is 0 Å². The number of ether oxygens (including phenoxy) is 2. The Balaban J connectivity index is 2.18. The molecule has 0 aliphatic carbocycles. The summed E-state index contributed by atoms with van der Waals surface area (Å²) in [5.41, 5.74) is 6.93. The average Bonchev–Trinajstić information content (AvgIpc) is 2.88. The maximum Gasteiger partial charge on any atom is 0.128 e. The smallest absolute Gasteiger partial charge is 0.128 e. The van der Waals surface area contributed by atoms with E-state index in [-0.39, 0.29) is 6.04 Å². The van der Waals surface area contributed by atoms with Crippen molar-refractivity contribution in [3.8, 4) is 11.5 Å². The van der Waals surface area contributed by atoms with Crippen molar-refractivity contribution in [2.75, 3.05) is 7.11 Å². The van der Waals surface area contributed by atoms with E-state index in [9.17, 15) is 0 Å². The van der Waals surface area contributed by atoms with Crippen molar-refractivity contribution in [1.29, 1.82) is 0 Å². The zero-order valence-electron chi connectivity index (χ0n) is 10.6. The van der Waals surface area contributed by atoms with E-state index in [2.05, 4.69) is 6.07 Å². The van der Waals surface area contributed by atoms with Crippen LogP contribution in [0, 0.1) is 0 Å². The summed E-state index contributed by atoms with van der Waals surface area (Å²) in [6.45, 7) is 2.50. The van der Waals surface area contributed by atoms with E-state index < -0.39 is 0 Å². The van der Waals surface area contributed by atoms with Gasteiger partial charge >= 0.3 is 0 Å². The fourth-order valence-electron chi connectivity index (χ4n) is 1.69. The van der Waals surface area contributed by atoms with Gasteiger partial charge in [0.05, 0.1) is 7.11 Å². The molecule has 0 unspecified atom stereocenters. The highest BCUT2D eigenvalue weighted by Crippen LogP contribution is 2.29. The molecule has 0 fully saturated rings. The summed E-state index contributed by atoms with van der Waals surface area (Å²) in [5.74, 6) is 1.57. The van der Waals surface area contributed by atoms with Crippen molar-refractivity contribution in [1.82, 2.24) is 0 Å². The van der Waals surface area contributed by atoms with E-state index in [1.165, 1.54) is 4.88 Å². The summed E-state index contributed by atoms with van der Waals surface area (Å²) < 4.78 is 11.0. The molecule has 1 heterocycles. The number of methoxy groups -OCH3 is 1. The second kappa shape index (κ2) is 5.89. The Kier molecular flexibility index (Phi) is 4.23. The second-order valence-corrected chi connectivity index (χ2v) is 5.09. The van der Waals surface area contributed by atoms with E-state index in [1.54, 1.807) is 18.4 Å². The largest absolute Gasteiger partial charge is 0.497 e. The fraction of sp³-hybridized carbons (Fsp3) is 0.286. The van der Waals surface area contributed by atoms with Crippen LogP contribution in [0.1, 0.15) is 23.4 Å². The number of nitrogens with two attached hydrogens (primary N) is 1. The Hall–Kier alpha value is -1.52. The molecule has 18 heavy (non-hydrogen) atoms. The van der Waals surface area contributed by atoms with Gasteiger partial charge in [-0.05, 0) is 24.4 Å². The van der Waals surface area contributed by atoms with Gasteiger partial charge in [0.15, 0.2) is 0 Å². The van der Waals surface area contributed by atoms with Crippen LogP contribution >= 0.6 is 11.3 Å². The highest BCUT2D eigenvalue weighted by Gasteiger charge is 2.10. The molecule has 0 amide bonds. The summed E-state index contributed by atoms with van der Waals surface area (Å²) >= 11 is 1.68. The lowest BCUT2D eigenvalue weighted by atomic mass is 10.1. The molecular weight excluding hydrogens is 246 g/mol. The number of thiophene rings is 1. The topological polar surface area (TPSA) is 44.5 Å². The highest BCUT2D eigenvalue weighted by molar-refractivity contribution is 7.09. The van der Waals surface area contributed by atoms with Gasteiger partial charge in [0.25, 0.3) is 0 Å². The van der Waals surface area contributed by atoms with Crippen LogP contribution < -0.4 is 15.2 Å². The maximum absolute atomic E-state index is 5.94. The zero-order valence-corrected chi connectivity index (χ0v) is 11.4. The summed E-state index contributed by atoms with van der Waals surface area (Å²) in [6.07, 6.45) is 0. The highest BCUT2D eigenvalue weighted by atomic mass is 32.1. The molecule has 0 saturated carbocycles. The van der Waals surface area contributed by atoms with Crippen molar-refractivity contribution >= 4 is 11.3 Å². The molecule has 1 aromatic carbocycles. The van der Waals surface area contributed by atoms with Crippen LogP contribution in [0.15, 0.2) is 35.7 Å². The Morgan fingerprint density at radius 3 is 2.78 bits per heavy atom. The third-order valence-electron chi connectivity index (χ3n) is 2.66. The number of hydrogen-bond donors (Lipinski definition) is 1. The van der Waals surface area contributed by atoms with Crippen LogP contribution in [-0.2, 0) is 6.61 Å². The lowest BCUT2D eigenvalue weighted by molar-refractivity contribution is 0.302. The molecule has 0 bridgehead atoms. The van der Waals surface area contributed by atoms with Gasteiger partial charge in [0.2, 0.25) is 0 Å². The molecule has 3 nitrogen and oxygen atoms in total. The molecule has 0 aliphatic heterocycles. The molecule has 0 saturated heterocycles. The monoisotopic (exact) mass is 263 g/mol. The van der Waals surface area contributed by atoms with Crippen molar-refractivity contribution in [3.63, 3.8) is 0 Å². The molecule has 2 rings (SSSR count). The quantitative estimate of drug-likeness (QED) is 0.899. The van der Waals surface area contributed by atoms with E-state index in [1.807, 2.05) is 36.6 Å². The molecule has 1 atom stereocenters. The lowest BCUT2D eigenvalue weighted by Gasteiger charge is -2.14. The first-order valence-corrected chi connectivity index (χ1v) is 6.67. The molecule has 2 aromatic rings. The van der Waals surface area contributed by atoms with Gasteiger partial charge in [0, 0.05) is 22.5 Å². The van der Waals surface area contributed by atoms with Crippen molar-refractivity contribution in [2.45, 2.75) is 19.6 Å². The first kappa shape index (κ1) is 12.9. The van der Waals surface area contributed by atoms with Gasteiger partial charge in [-0.2, -0.15) is 0 Å². The number of benzene rings is 1. The number of hydrogen-bond acceptors (Lipinski definition) is 4. The number of rotatable bonds is 5.